The zero-order valence-electron chi connectivity index (χ0n) is 23.6. The molecule has 0 radical (unpaired) electrons. The van der Waals surface area contributed by atoms with Crippen molar-refractivity contribution < 1.29 is 18.0 Å². The molecule has 3 aromatic carbocycles. The van der Waals surface area contributed by atoms with Gasteiger partial charge < -0.3 is 10.2 Å². The fourth-order valence-corrected chi connectivity index (χ4v) is 5.96. The van der Waals surface area contributed by atoms with Crippen LogP contribution in [0.5, 0.6) is 0 Å². The maximum atomic E-state index is 14.1. The number of carbonyl (C=O) groups is 2. The third kappa shape index (κ3) is 7.69. The van der Waals surface area contributed by atoms with Crippen LogP contribution >= 0.6 is 0 Å². The van der Waals surface area contributed by atoms with Gasteiger partial charge >= 0.3 is 0 Å². The lowest BCUT2D eigenvalue weighted by Gasteiger charge is -2.35. The van der Waals surface area contributed by atoms with E-state index in [-0.39, 0.29) is 17.3 Å². The topological polar surface area (TPSA) is 86.8 Å². The summed E-state index contributed by atoms with van der Waals surface area (Å²) < 4.78 is 28.9. The molecule has 39 heavy (non-hydrogen) atoms. The smallest absolute Gasteiger partial charge is 0.264 e. The molecule has 0 aliphatic heterocycles. The Kier molecular flexibility index (Phi) is 9.56. The maximum absolute atomic E-state index is 14.1. The molecule has 0 aliphatic carbocycles. The molecule has 0 fully saturated rings. The number of nitrogens with one attached hydrogen (secondary N) is 1. The fourth-order valence-electron chi connectivity index (χ4n) is 4.46. The van der Waals surface area contributed by atoms with E-state index in [0.717, 1.165) is 15.4 Å². The molecule has 0 saturated heterocycles. The number of nitrogens with zero attached hydrogens (tertiary/aromatic N) is 2. The molecule has 7 nitrogen and oxygen atoms in total. The Hall–Kier alpha value is -3.65. The molecule has 8 heteroatoms. The predicted octanol–water partition coefficient (Wildman–Crippen LogP) is 5.22. The van der Waals surface area contributed by atoms with Crippen molar-refractivity contribution in [3.63, 3.8) is 0 Å². The molecule has 0 aromatic heterocycles. The number of carbonyl (C=O) groups excluding carboxylic acids is 2. The fraction of sp³-hybridized carbons (Fsp3) is 0.355. The van der Waals surface area contributed by atoms with Crippen LogP contribution in [0.3, 0.4) is 0 Å². The second-order valence-electron chi connectivity index (χ2n) is 10.8. The van der Waals surface area contributed by atoms with Gasteiger partial charge in [0.05, 0.1) is 10.6 Å². The highest BCUT2D eigenvalue weighted by Gasteiger charge is 2.34. The van der Waals surface area contributed by atoms with E-state index < -0.39 is 34.1 Å². The first-order chi connectivity index (χ1) is 18.3. The third-order valence-corrected chi connectivity index (χ3v) is 8.09. The van der Waals surface area contributed by atoms with Gasteiger partial charge in [-0.05, 0) is 70.4 Å². The number of para-hydroxylation sites is 1. The van der Waals surface area contributed by atoms with Crippen molar-refractivity contribution in [2.24, 2.45) is 0 Å². The summed E-state index contributed by atoms with van der Waals surface area (Å²) in [7, 11) is -4.08. The average Bonchev–Trinajstić information content (AvgIpc) is 2.87. The van der Waals surface area contributed by atoms with Crippen LogP contribution in [-0.4, -0.2) is 43.3 Å². The summed E-state index contributed by atoms with van der Waals surface area (Å²) in [5.41, 5.74) is 2.52. The number of rotatable bonds is 10. The summed E-state index contributed by atoms with van der Waals surface area (Å²) in [6, 6.07) is 22.1. The molecular weight excluding hydrogens is 510 g/mol. The molecule has 0 saturated carbocycles. The van der Waals surface area contributed by atoms with E-state index in [1.807, 2.05) is 77.9 Å². The predicted molar refractivity (Wildman–Crippen MR) is 156 cm³/mol. The number of sulfonamides is 1. The number of hydrogen-bond acceptors (Lipinski definition) is 4. The number of amides is 2. The first kappa shape index (κ1) is 29.9. The standard InChI is InChI=1S/C31H39N3O4S/c1-7-27(30(36)32-31(4,5)6)33(21-25-16-13-14-23(2)20-25)29(35)22-34(28-19-12-11-15-24(28)3)39(37,38)26-17-9-8-10-18-26/h8-20,27H,7,21-22H2,1-6H3,(H,32,36). The Morgan fingerprint density at radius 2 is 1.54 bits per heavy atom. The molecular formula is C31H39N3O4S. The van der Waals surface area contributed by atoms with Crippen LogP contribution < -0.4 is 9.62 Å². The normalized spacial score (nSPS) is 12.5. The molecule has 0 spiro atoms. The van der Waals surface area contributed by atoms with Crippen molar-refractivity contribution in [2.45, 2.75) is 71.0 Å². The number of hydrogen-bond donors (Lipinski definition) is 1. The highest BCUT2D eigenvalue weighted by Crippen LogP contribution is 2.27. The number of anilines is 1. The summed E-state index contributed by atoms with van der Waals surface area (Å²) in [5.74, 6) is -0.741. The van der Waals surface area contributed by atoms with Crippen molar-refractivity contribution >= 4 is 27.5 Å². The van der Waals surface area contributed by atoms with Crippen molar-refractivity contribution in [1.82, 2.24) is 10.2 Å². The van der Waals surface area contributed by atoms with Gasteiger partial charge in [0.1, 0.15) is 12.6 Å². The molecule has 1 unspecified atom stereocenters. The summed E-state index contributed by atoms with van der Waals surface area (Å²) >= 11 is 0. The molecule has 1 atom stereocenters. The third-order valence-electron chi connectivity index (χ3n) is 6.31. The molecule has 208 valence electrons. The van der Waals surface area contributed by atoms with Crippen LogP contribution in [0.15, 0.2) is 83.8 Å². The van der Waals surface area contributed by atoms with E-state index >= 15 is 0 Å². The SMILES string of the molecule is CCC(C(=O)NC(C)(C)C)N(Cc1cccc(C)c1)C(=O)CN(c1ccccc1C)S(=O)(=O)c1ccccc1. The molecule has 0 heterocycles. The first-order valence-electron chi connectivity index (χ1n) is 13.1. The molecule has 3 aromatic rings. The largest absolute Gasteiger partial charge is 0.350 e. The second kappa shape index (κ2) is 12.5. The molecule has 1 N–H and O–H groups in total. The van der Waals surface area contributed by atoms with Gasteiger partial charge in [0, 0.05) is 12.1 Å². The van der Waals surface area contributed by atoms with E-state index in [4.69, 9.17) is 0 Å². The van der Waals surface area contributed by atoms with Crippen LogP contribution in [0.2, 0.25) is 0 Å². The lowest BCUT2D eigenvalue weighted by molar-refractivity contribution is -0.141. The van der Waals surface area contributed by atoms with Gasteiger partial charge in [-0.2, -0.15) is 0 Å². The highest BCUT2D eigenvalue weighted by molar-refractivity contribution is 7.92. The van der Waals surface area contributed by atoms with Crippen LogP contribution in [0.1, 0.15) is 50.8 Å². The van der Waals surface area contributed by atoms with Crippen LogP contribution in [0.4, 0.5) is 5.69 Å². The minimum absolute atomic E-state index is 0.0869. The quantitative estimate of drug-likeness (QED) is 0.376. The summed E-state index contributed by atoms with van der Waals surface area (Å²) in [6.07, 6.45) is 0.370. The van der Waals surface area contributed by atoms with Crippen LogP contribution in [0.25, 0.3) is 0 Å². The molecule has 2 amide bonds. The molecule has 0 aliphatic rings. The number of benzene rings is 3. The van der Waals surface area contributed by atoms with E-state index in [1.54, 1.807) is 30.3 Å². The average molecular weight is 550 g/mol. The van der Waals surface area contributed by atoms with Gasteiger partial charge in [-0.25, -0.2) is 8.42 Å². The Balaban J connectivity index is 2.08. The summed E-state index contributed by atoms with van der Waals surface area (Å²) in [6.45, 7) is 11.0. The minimum atomic E-state index is -4.08. The lowest BCUT2D eigenvalue weighted by Crippen LogP contribution is -2.55. The second-order valence-corrected chi connectivity index (χ2v) is 12.6. The zero-order chi connectivity index (χ0) is 28.8. The van der Waals surface area contributed by atoms with Crippen LogP contribution in [-0.2, 0) is 26.2 Å². The maximum Gasteiger partial charge on any atom is 0.264 e. The van der Waals surface area contributed by atoms with Crippen molar-refractivity contribution in [1.29, 1.82) is 0 Å². The van der Waals surface area contributed by atoms with Gasteiger partial charge in [0.15, 0.2) is 0 Å². The Bertz CT molecular complexity index is 1400. The van der Waals surface area contributed by atoms with Crippen molar-refractivity contribution in [3.05, 3.63) is 95.6 Å². The Morgan fingerprint density at radius 3 is 2.13 bits per heavy atom. The number of aryl methyl sites for hydroxylation is 2. The van der Waals surface area contributed by atoms with Gasteiger partial charge in [0.2, 0.25) is 11.8 Å². The van der Waals surface area contributed by atoms with Gasteiger partial charge in [-0.1, -0.05) is 73.2 Å². The Morgan fingerprint density at radius 1 is 0.897 bits per heavy atom. The van der Waals surface area contributed by atoms with E-state index in [9.17, 15) is 18.0 Å². The van der Waals surface area contributed by atoms with Crippen LogP contribution in [0, 0.1) is 13.8 Å². The van der Waals surface area contributed by atoms with Gasteiger partial charge in [0.25, 0.3) is 10.0 Å². The Labute approximate surface area is 232 Å². The summed E-state index contributed by atoms with van der Waals surface area (Å²) in [5, 5.41) is 2.99. The zero-order valence-corrected chi connectivity index (χ0v) is 24.5. The van der Waals surface area contributed by atoms with E-state index in [1.165, 1.54) is 17.0 Å². The van der Waals surface area contributed by atoms with Crippen molar-refractivity contribution in [3.8, 4) is 0 Å². The van der Waals surface area contributed by atoms with Crippen molar-refractivity contribution in [2.75, 3.05) is 10.8 Å². The lowest BCUT2D eigenvalue weighted by atomic mass is 10.0. The first-order valence-corrected chi connectivity index (χ1v) is 14.6. The molecule has 0 bridgehead atoms. The summed E-state index contributed by atoms with van der Waals surface area (Å²) in [4.78, 5) is 29.1. The highest BCUT2D eigenvalue weighted by atomic mass is 32.2. The molecule has 3 rings (SSSR count). The minimum Gasteiger partial charge on any atom is -0.350 e. The van der Waals surface area contributed by atoms with Gasteiger partial charge in [-0.15, -0.1) is 0 Å². The van der Waals surface area contributed by atoms with E-state index in [0.29, 0.717) is 17.7 Å². The monoisotopic (exact) mass is 549 g/mol. The van der Waals surface area contributed by atoms with E-state index in [2.05, 4.69) is 5.32 Å². The van der Waals surface area contributed by atoms with Gasteiger partial charge in [-0.3, -0.25) is 13.9 Å².